The quantitative estimate of drug-likeness (QED) is 0.309. The Kier molecular flexibility index (Phi) is 6.51. The molecule has 0 N–H and O–H groups in total. The first-order chi connectivity index (χ1) is 11.5. The van der Waals surface area contributed by atoms with Gasteiger partial charge in [0.2, 0.25) is 0 Å². The van der Waals surface area contributed by atoms with E-state index in [1.165, 1.54) is 26.2 Å². The summed E-state index contributed by atoms with van der Waals surface area (Å²) >= 11 is 0. The van der Waals surface area contributed by atoms with E-state index >= 15 is 0 Å². The lowest BCUT2D eigenvalue weighted by molar-refractivity contribution is -0.385. The Morgan fingerprint density at radius 2 is 2.04 bits per heavy atom. The van der Waals surface area contributed by atoms with Crippen molar-refractivity contribution in [2.75, 3.05) is 46.6 Å². The molecule has 1 aliphatic heterocycles. The Labute approximate surface area is 140 Å². The van der Waals surface area contributed by atoms with Gasteiger partial charge in [0.15, 0.2) is 17.3 Å². The van der Waals surface area contributed by atoms with Crippen molar-refractivity contribution in [3.05, 3.63) is 27.8 Å². The maximum Gasteiger partial charge on any atom is 0.284 e. The Balaban J connectivity index is 2.01. The number of carbonyl (C=O) groups excluding carboxylic acids is 1. The van der Waals surface area contributed by atoms with Gasteiger partial charge in [-0.15, -0.1) is 0 Å². The fraction of sp³-hybridized carbons (Fsp3) is 0.562. The van der Waals surface area contributed by atoms with Crippen molar-refractivity contribution in [1.29, 1.82) is 0 Å². The number of morpholine rings is 1. The smallest absolute Gasteiger partial charge is 0.284 e. The molecule has 0 aromatic heterocycles. The van der Waals surface area contributed by atoms with Crippen LogP contribution in [0.1, 0.15) is 23.7 Å². The normalized spacial score (nSPS) is 15.1. The summed E-state index contributed by atoms with van der Waals surface area (Å²) in [4.78, 5) is 24.4. The number of benzene rings is 1. The molecule has 0 bridgehead atoms. The van der Waals surface area contributed by atoms with E-state index in [-0.39, 0.29) is 22.8 Å². The number of nitro groups is 1. The molecule has 0 radical (unpaired) electrons. The Hall–Kier alpha value is -2.19. The average Bonchev–Trinajstić information content (AvgIpc) is 2.58. The van der Waals surface area contributed by atoms with Gasteiger partial charge in [0.05, 0.1) is 43.5 Å². The van der Waals surface area contributed by atoms with Crippen LogP contribution >= 0.6 is 0 Å². The molecule has 1 aliphatic rings. The molecule has 8 nitrogen and oxygen atoms in total. The molecule has 0 spiro atoms. The molecule has 1 aromatic rings. The first-order valence-electron chi connectivity index (χ1n) is 7.83. The average molecular weight is 338 g/mol. The van der Waals surface area contributed by atoms with Gasteiger partial charge in [-0.1, -0.05) is 0 Å². The number of rotatable bonds is 8. The molecule has 24 heavy (non-hydrogen) atoms. The molecule has 0 unspecified atom stereocenters. The van der Waals surface area contributed by atoms with Gasteiger partial charge >= 0.3 is 0 Å². The molecular weight excluding hydrogens is 316 g/mol. The van der Waals surface area contributed by atoms with Crippen LogP contribution in [0.25, 0.3) is 0 Å². The highest BCUT2D eigenvalue weighted by Crippen LogP contribution is 2.35. The van der Waals surface area contributed by atoms with Gasteiger partial charge in [-0.2, -0.15) is 0 Å². The molecule has 0 saturated carbocycles. The van der Waals surface area contributed by atoms with E-state index in [0.717, 1.165) is 39.3 Å². The second-order valence-corrected chi connectivity index (χ2v) is 5.49. The summed E-state index contributed by atoms with van der Waals surface area (Å²) in [6, 6.07) is 2.61. The van der Waals surface area contributed by atoms with Crippen molar-refractivity contribution in [2.24, 2.45) is 0 Å². The Morgan fingerprint density at radius 3 is 2.62 bits per heavy atom. The predicted octanol–water partition coefficient (Wildman–Crippen LogP) is 1.91. The molecule has 0 aliphatic carbocycles. The summed E-state index contributed by atoms with van der Waals surface area (Å²) < 4.78 is 16.1. The number of ether oxygens (including phenoxy) is 3. The Bertz CT molecular complexity index is 598. The standard InChI is InChI=1S/C16H22N2O6/c1-12(19)13-10-16(15(22-2)11-14(13)18(20)21)24-7-3-4-17-5-8-23-9-6-17/h10-11H,3-9H2,1-2H3. The summed E-state index contributed by atoms with van der Waals surface area (Å²) in [5.74, 6) is 0.205. The van der Waals surface area contributed by atoms with Crippen molar-refractivity contribution in [3.63, 3.8) is 0 Å². The van der Waals surface area contributed by atoms with Crippen LogP contribution in [0.4, 0.5) is 5.69 Å². The van der Waals surface area contributed by atoms with Gasteiger partial charge in [-0.25, -0.2) is 0 Å². The van der Waals surface area contributed by atoms with Crippen LogP contribution in [0.2, 0.25) is 0 Å². The first kappa shape index (κ1) is 18.2. The van der Waals surface area contributed by atoms with E-state index in [0.29, 0.717) is 12.4 Å². The minimum Gasteiger partial charge on any atom is -0.493 e. The zero-order chi connectivity index (χ0) is 17.5. The number of methoxy groups -OCH3 is 1. The third-order valence-corrected chi connectivity index (χ3v) is 3.84. The molecule has 8 heteroatoms. The van der Waals surface area contributed by atoms with Crippen molar-refractivity contribution in [2.45, 2.75) is 13.3 Å². The molecule has 1 aromatic carbocycles. The van der Waals surface area contributed by atoms with Gasteiger partial charge in [-0.3, -0.25) is 19.8 Å². The van der Waals surface area contributed by atoms with E-state index in [1.807, 2.05) is 0 Å². The fourth-order valence-corrected chi connectivity index (χ4v) is 2.55. The lowest BCUT2D eigenvalue weighted by Crippen LogP contribution is -2.37. The highest BCUT2D eigenvalue weighted by Gasteiger charge is 2.22. The zero-order valence-electron chi connectivity index (χ0n) is 13.9. The van der Waals surface area contributed by atoms with Crippen LogP contribution in [0.15, 0.2) is 12.1 Å². The number of carbonyl (C=O) groups is 1. The number of ketones is 1. The van der Waals surface area contributed by atoms with Crippen molar-refractivity contribution in [3.8, 4) is 11.5 Å². The maximum atomic E-state index is 11.6. The minimum atomic E-state index is -0.596. The van der Waals surface area contributed by atoms with E-state index < -0.39 is 4.92 Å². The molecule has 1 saturated heterocycles. The summed E-state index contributed by atoms with van der Waals surface area (Å²) in [6.45, 7) is 5.93. The van der Waals surface area contributed by atoms with Crippen LogP contribution < -0.4 is 9.47 Å². The van der Waals surface area contributed by atoms with Gasteiger partial charge < -0.3 is 14.2 Å². The first-order valence-corrected chi connectivity index (χ1v) is 7.83. The van der Waals surface area contributed by atoms with Crippen LogP contribution in [-0.4, -0.2) is 62.2 Å². The van der Waals surface area contributed by atoms with E-state index in [1.54, 1.807) is 0 Å². The lowest BCUT2D eigenvalue weighted by Gasteiger charge is -2.26. The highest BCUT2D eigenvalue weighted by molar-refractivity contribution is 5.98. The zero-order valence-corrected chi connectivity index (χ0v) is 13.9. The van der Waals surface area contributed by atoms with Crippen LogP contribution in [0, 0.1) is 10.1 Å². The van der Waals surface area contributed by atoms with Crippen molar-refractivity contribution in [1.82, 2.24) is 4.90 Å². The summed E-state index contributed by atoms with van der Waals surface area (Å²) in [5.41, 5.74) is -0.260. The summed E-state index contributed by atoms with van der Waals surface area (Å²) in [6.07, 6.45) is 0.801. The number of hydrogen-bond acceptors (Lipinski definition) is 7. The van der Waals surface area contributed by atoms with Gasteiger partial charge in [0.1, 0.15) is 0 Å². The minimum absolute atomic E-state index is 0.0176. The number of nitrogens with zero attached hydrogens (tertiary/aromatic N) is 2. The fourth-order valence-electron chi connectivity index (χ4n) is 2.55. The SMILES string of the molecule is COc1cc([N+](=O)[O-])c(C(C)=O)cc1OCCCN1CCOCC1. The molecule has 1 heterocycles. The van der Waals surface area contributed by atoms with Crippen LogP contribution in [-0.2, 0) is 4.74 Å². The molecule has 132 valence electrons. The molecule has 0 amide bonds. The third-order valence-electron chi connectivity index (χ3n) is 3.84. The molecule has 2 rings (SSSR count). The topological polar surface area (TPSA) is 91.1 Å². The largest absolute Gasteiger partial charge is 0.493 e. The molecular formula is C16H22N2O6. The predicted molar refractivity (Wildman–Crippen MR) is 87.0 cm³/mol. The number of Topliss-reactive ketones (excluding diaryl/α,β-unsaturated/α-hetero) is 1. The van der Waals surface area contributed by atoms with Gasteiger partial charge in [-0.05, 0) is 13.3 Å². The summed E-state index contributed by atoms with van der Waals surface area (Å²) in [7, 11) is 1.41. The maximum absolute atomic E-state index is 11.6. The number of hydrogen-bond donors (Lipinski definition) is 0. The van der Waals surface area contributed by atoms with E-state index in [2.05, 4.69) is 4.90 Å². The molecule has 0 atom stereocenters. The number of nitro benzene ring substituents is 1. The van der Waals surface area contributed by atoms with Gasteiger partial charge in [0, 0.05) is 25.7 Å². The third kappa shape index (κ3) is 4.65. The van der Waals surface area contributed by atoms with E-state index in [4.69, 9.17) is 14.2 Å². The van der Waals surface area contributed by atoms with E-state index in [9.17, 15) is 14.9 Å². The second kappa shape index (κ2) is 8.60. The second-order valence-electron chi connectivity index (χ2n) is 5.49. The monoisotopic (exact) mass is 338 g/mol. The summed E-state index contributed by atoms with van der Waals surface area (Å²) in [5, 5.41) is 11.1. The van der Waals surface area contributed by atoms with Gasteiger partial charge in [0.25, 0.3) is 5.69 Å². The van der Waals surface area contributed by atoms with Crippen molar-refractivity contribution < 1.29 is 23.9 Å². The Morgan fingerprint density at radius 1 is 1.33 bits per heavy atom. The van der Waals surface area contributed by atoms with Crippen molar-refractivity contribution >= 4 is 11.5 Å². The molecule has 1 fully saturated rings. The highest BCUT2D eigenvalue weighted by atomic mass is 16.6. The van der Waals surface area contributed by atoms with Crippen LogP contribution in [0.3, 0.4) is 0 Å². The lowest BCUT2D eigenvalue weighted by atomic mass is 10.1. The van der Waals surface area contributed by atoms with Crippen LogP contribution in [0.5, 0.6) is 11.5 Å².